The lowest BCUT2D eigenvalue weighted by molar-refractivity contribution is 0.212. The van der Waals surface area contributed by atoms with E-state index in [1.54, 1.807) is 9.47 Å². The van der Waals surface area contributed by atoms with Gasteiger partial charge in [0.05, 0.1) is 6.54 Å². The first-order chi connectivity index (χ1) is 13.2. The van der Waals surface area contributed by atoms with Gasteiger partial charge in [0.1, 0.15) is 5.82 Å². The molecule has 1 N–H and O–H groups in total. The highest BCUT2D eigenvalue weighted by Gasteiger charge is 2.22. The summed E-state index contributed by atoms with van der Waals surface area (Å²) in [6.45, 7) is 1.91. The van der Waals surface area contributed by atoms with Gasteiger partial charge in [0.25, 0.3) is 0 Å². The zero-order chi connectivity index (χ0) is 18.6. The highest BCUT2D eigenvalue weighted by atomic mass is 16.2. The van der Waals surface area contributed by atoms with E-state index in [0.29, 0.717) is 32.6 Å². The molecule has 0 saturated carbocycles. The van der Waals surface area contributed by atoms with Crippen LogP contribution in [-0.4, -0.2) is 38.4 Å². The topological polar surface area (TPSA) is 72.2 Å². The van der Waals surface area contributed by atoms with Crippen LogP contribution in [0.1, 0.15) is 11.4 Å². The first-order valence-electron chi connectivity index (χ1n) is 9.02. The smallest absolute Gasteiger partial charge is 0.322 e. The van der Waals surface area contributed by atoms with Gasteiger partial charge < -0.3 is 10.2 Å². The predicted octanol–water partition coefficient (Wildman–Crippen LogP) is 2.18. The van der Waals surface area contributed by atoms with E-state index in [-0.39, 0.29) is 11.7 Å². The molecule has 1 aliphatic heterocycles. The van der Waals surface area contributed by atoms with Gasteiger partial charge in [-0.3, -0.25) is 4.57 Å². The van der Waals surface area contributed by atoms with Crippen LogP contribution in [0.2, 0.25) is 0 Å². The molecule has 7 heteroatoms. The standard InChI is InChI=1S/C20H21N5O2/c26-19(21-17-9-5-2-6-10-17)23-12-11-18-22-25(20(27)24(18)14-13-23)15-16-7-3-1-4-8-16/h1-10H,11-15H2,(H,21,26). The Labute approximate surface area is 156 Å². The number of benzene rings is 2. The summed E-state index contributed by atoms with van der Waals surface area (Å²) in [5.41, 5.74) is 1.67. The Balaban J connectivity index is 1.45. The van der Waals surface area contributed by atoms with Crippen LogP contribution >= 0.6 is 0 Å². The normalized spacial score (nSPS) is 13.7. The summed E-state index contributed by atoms with van der Waals surface area (Å²) in [4.78, 5) is 26.9. The molecule has 0 fully saturated rings. The van der Waals surface area contributed by atoms with Crippen molar-refractivity contribution in [3.8, 4) is 0 Å². The quantitative estimate of drug-likeness (QED) is 0.775. The molecule has 7 nitrogen and oxygen atoms in total. The first-order valence-corrected chi connectivity index (χ1v) is 9.02. The number of amides is 2. The molecule has 0 unspecified atom stereocenters. The second-order valence-electron chi connectivity index (χ2n) is 6.53. The molecule has 0 aliphatic carbocycles. The summed E-state index contributed by atoms with van der Waals surface area (Å²) >= 11 is 0. The van der Waals surface area contributed by atoms with Crippen molar-refractivity contribution in [1.29, 1.82) is 0 Å². The maximum atomic E-state index is 12.7. The maximum absolute atomic E-state index is 12.7. The fraction of sp³-hybridized carbons (Fsp3) is 0.250. The minimum absolute atomic E-state index is 0.126. The molecule has 0 radical (unpaired) electrons. The van der Waals surface area contributed by atoms with Crippen molar-refractivity contribution < 1.29 is 4.79 Å². The van der Waals surface area contributed by atoms with Crippen LogP contribution in [-0.2, 0) is 19.5 Å². The molecular formula is C20H21N5O2. The highest BCUT2D eigenvalue weighted by molar-refractivity contribution is 5.89. The number of para-hydroxylation sites is 1. The van der Waals surface area contributed by atoms with Crippen molar-refractivity contribution in [2.75, 3.05) is 18.4 Å². The van der Waals surface area contributed by atoms with Gasteiger partial charge >= 0.3 is 11.7 Å². The van der Waals surface area contributed by atoms with E-state index in [1.807, 2.05) is 60.7 Å². The lowest BCUT2D eigenvalue weighted by Crippen LogP contribution is -2.38. The Kier molecular flexibility index (Phi) is 4.74. The van der Waals surface area contributed by atoms with E-state index >= 15 is 0 Å². The van der Waals surface area contributed by atoms with Gasteiger partial charge in [0.15, 0.2) is 0 Å². The van der Waals surface area contributed by atoms with Crippen molar-refractivity contribution in [1.82, 2.24) is 19.2 Å². The maximum Gasteiger partial charge on any atom is 0.346 e. The van der Waals surface area contributed by atoms with Crippen molar-refractivity contribution in [2.45, 2.75) is 19.5 Å². The van der Waals surface area contributed by atoms with E-state index in [4.69, 9.17) is 0 Å². The molecule has 0 atom stereocenters. The number of fused-ring (bicyclic) bond motifs is 1. The van der Waals surface area contributed by atoms with Crippen LogP contribution in [0, 0.1) is 0 Å². The molecule has 3 aromatic rings. The summed E-state index contributed by atoms with van der Waals surface area (Å²) in [7, 11) is 0. The Morgan fingerprint density at radius 2 is 1.67 bits per heavy atom. The zero-order valence-electron chi connectivity index (χ0n) is 14.9. The van der Waals surface area contributed by atoms with E-state index in [1.165, 1.54) is 4.68 Å². The third kappa shape index (κ3) is 3.76. The van der Waals surface area contributed by atoms with Crippen LogP contribution in [0.4, 0.5) is 10.5 Å². The van der Waals surface area contributed by atoms with Gasteiger partial charge in [-0.05, 0) is 17.7 Å². The average Bonchev–Trinajstić information content (AvgIpc) is 2.86. The number of carbonyl (C=O) groups excluding carboxylic acids is 1. The minimum Gasteiger partial charge on any atom is -0.322 e. The molecule has 0 spiro atoms. The molecule has 138 valence electrons. The van der Waals surface area contributed by atoms with Crippen molar-refractivity contribution >= 4 is 11.7 Å². The molecule has 27 heavy (non-hydrogen) atoms. The van der Waals surface area contributed by atoms with Gasteiger partial charge in [-0.15, -0.1) is 0 Å². The zero-order valence-corrected chi connectivity index (χ0v) is 14.9. The molecule has 1 aliphatic rings. The summed E-state index contributed by atoms with van der Waals surface area (Å²) in [5, 5.41) is 7.38. The molecule has 4 rings (SSSR count). The van der Waals surface area contributed by atoms with Crippen molar-refractivity contribution in [3.63, 3.8) is 0 Å². The molecule has 0 saturated heterocycles. The Hall–Kier alpha value is -3.35. The van der Waals surface area contributed by atoms with E-state index in [9.17, 15) is 9.59 Å². The minimum atomic E-state index is -0.156. The molecule has 2 amide bonds. The van der Waals surface area contributed by atoms with Gasteiger partial charge in [-0.2, -0.15) is 5.10 Å². The number of hydrogen-bond donors (Lipinski definition) is 1. The summed E-state index contributed by atoms with van der Waals surface area (Å²) < 4.78 is 3.18. The Morgan fingerprint density at radius 1 is 0.963 bits per heavy atom. The number of anilines is 1. The number of carbonyl (C=O) groups is 1. The Morgan fingerprint density at radius 3 is 2.41 bits per heavy atom. The van der Waals surface area contributed by atoms with E-state index in [2.05, 4.69) is 10.4 Å². The lowest BCUT2D eigenvalue weighted by Gasteiger charge is -2.20. The number of nitrogens with zero attached hydrogens (tertiary/aromatic N) is 4. The molecule has 0 bridgehead atoms. The van der Waals surface area contributed by atoms with Crippen LogP contribution in [0.15, 0.2) is 65.5 Å². The lowest BCUT2D eigenvalue weighted by atomic mass is 10.2. The third-order valence-corrected chi connectivity index (χ3v) is 4.69. The van der Waals surface area contributed by atoms with Crippen molar-refractivity contribution in [3.05, 3.63) is 82.5 Å². The van der Waals surface area contributed by atoms with Gasteiger partial charge in [-0.1, -0.05) is 48.5 Å². The van der Waals surface area contributed by atoms with Crippen LogP contribution in [0.3, 0.4) is 0 Å². The largest absolute Gasteiger partial charge is 0.346 e. The SMILES string of the molecule is O=C(Nc1ccccc1)N1CCc2nn(Cc3ccccc3)c(=O)n2CC1. The molecule has 1 aromatic heterocycles. The second-order valence-corrected chi connectivity index (χ2v) is 6.53. The highest BCUT2D eigenvalue weighted by Crippen LogP contribution is 2.10. The van der Waals surface area contributed by atoms with Gasteiger partial charge in [0.2, 0.25) is 0 Å². The second kappa shape index (κ2) is 7.49. The number of urea groups is 1. The fourth-order valence-electron chi connectivity index (χ4n) is 3.25. The number of aromatic nitrogens is 3. The number of nitrogens with one attached hydrogen (secondary N) is 1. The third-order valence-electron chi connectivity index (χ3n) is 4.69. The fourth-order valence-corrected chi connectivity index (χ4v) is 3.25. The average molecular weight is 363 g/mol. The monoisotopic (exact) mass is 363 g/mol. The van der Waals surface area contributed by atoms with E-state index in [0.717, 1.165) is 17.1 Å². The summed E-state index contributed by atoms with van der Waals surface area (Å²) in [6, 6.07) is 19.0. The van der Waals surface area contributed by atoms with E-state index < -0.39 is 0 Å². The van der Waals surface area contributed by atoms with Gasteiger partial charge in [0, 0.05) is 31.7 Å². The van der Waals surface area contributed by atoms with Gasteiger partial charge in [-0.25, -0.2) is 14.3 Å². The Bertz CT molecular complexity index is 979. The summed E-state index contributed by atoms with van der Waals surface area (Å²) in [6.07, 6.45) is 0.555. The van der Waals surface area contributed by atoms with Crippen LogP contribution < -0.4 is 11.0 Å². The molecule has 2 heterocycles. The number of hydrogen-bond acceptors (Lipinski definition) is 3. The first kappa shape index (κ1) is 17.1. The molecular weight excluding hydrogens is 342 g/mol. The van der Waals surface area contributed by atoms with Crippen LogP contribution in [0.5, 0.6) is 0 Å². The van der Waals surface area contributed by atoms with Crippen LogP contribution in [0.25, 0.3) is 0 Å². The number of rotatable bonds is 3. The van der Waals surface area contributed by atoms with Crippen molar-refractivity contribution in [2.24, 2.45) is 0 Å². The molecule has 2 aromatic carbocycles. The summed E-state index contributed by atoms with van der Waals surface area (Å²) in [5.74, 6) is 0.728. The predicted molar refractivity (Wildman–Crippen MR) is 103 cm³/mol.